The molecule has 0 saturated carbocycles. The van der Waals surface area contributed by atoms with Crippen molar-refractivity contribution >= 4 is 33.2 Å². The molecule has 0 aliphatic heterocycles. The van der Waals surface area contributed by atoms with Crippen LogP contribution in [0.5, 0.6) is 11.5 Å². The fourth-order valence-electron chi connectivity index (χ4n) is 1.22. The largest absolute Gasteiger partial charge is 0.456 e. The van der Waals surface area contributed by atoms with Crippen LogP contribution >= 0.6 is 27.5 Å². The maximum atomic E-state index is 5.84. The molecule has 16 heavy (non-hydrogen) atoms. The van der Waals surface area contributed by atoms with E-state index in [4.69, 9.17) is 22.1 Å². The van der Waals surface area contributed by atoms with Gasteiger partial charge in [-0.1, -0.05) is 11.6 Å². The molecule has 0 radical (unpaired) electrons. The lowest BCUT2D eigenvalue weighted by molar-refractivity contribution is 0.480. The van der Waals surface area contributed by atoms with E-state index in [1.165, 1.54) is 0 Å². The van der Waals surface area contributed by atoms with Crippen molar-refractivity contribution in [2.24, 2.45) is 0 Å². The maximum absolute atomic E-state index is 5.84. The van der Waals surface area contributed by atoms with Crippen molar-refractivity contribution in [2.75, 3.05) is 5.73 Å². The van der Waals surface area contributed by atoms with Crippen LogP contribution in [0.25, 0.3) is 0 Å². The van der Waals surface area contributed by atoms with Gasteiger partial charge in [-0.3, -0.25) is 0 Å². The highest BCUT2D eigenvalue weighted by Gasteiger charge is 2.03. The van der Waals surface area contributed by atoms with Crippen molar-refractivity contribution in [1.29, 1.82) is 0 Å². The summed E-state index contributed by atoms with van der Waals surface area (Å²) in [7, 11) is 0. The smallest absolute Gasteiger partial charge is 0.141 e. The summed E-state index contributed by atoms with van der Waals surface area (Å²) in [5.74, 6) is 1.45. The Balaban J connectivity index is 2.23. The number of nitrogens with two attached hydrogens (primary N) is 1. The fraction of sp³-hybridized carbons (Fsp3) is 0. The zero-order valence-corrected chi connectivity index (χ0v) is 10.6. The lowest BCUT2D eigenvalue weighted by Crippen LogP contribution is -1.87. The molecule has 4 heteroatoms. The van der Waals surface area contributed by atoms with Gasteiger partial charge in [0.1, 0.15) is 11.5 Å². The Morgan fingerprint density at radius 2 is 1.75 bits per heavy atom. The van der Waals surface area contributed by atoms with Crippen molar-refractivity contribution in [3.8, 4) is 11.5 Å². The normalized spacial score (nSPS) is 10.1. The summed E-state index contributed by atoms with van der Waals surface area (Å²) >= 11 is 9.22. The van der Waals surface area contributed by atoms with E-state index in [9.17, 15) is 0 Å². The average molecular weight is 299 g/mol. The molecule has 0 bridgehead atoms. The number of hydrogen-bond donors (Lipinski definition) is 1. The van der Waals surface area contributed by atoms with Crippen LogP contribution in [-0.2, 0) is 0 Å². The van der Waals surface area contributed by atoms with Gasteiger partial charge >= 0.3 is 0 Å². The van der Waals surface area contributed by atoms with Crippen LogP contribution in [-0.4, -0.2) is 0 Å². The molecule has 2 rings (SSSR count). The Hall–Kier alpha value is -1.19. The van der Waals surface area contributed by atoms with E-state index in [1.807, 2.05) is 18.2 Å². The molecule has 2 aromatic rings. The molecule has 0 heterocycles. The number of nitrogen functional groups attached to an aromatic ring is 1. The molecular weight excluding hydrogens is 289 g/mol. The van der Waals surface area contributed by atoms with Gasteiger partial charge in [-0.25, -0.2) is 0 Å². The van der Waals surface area contributed by atoms with Crippen LogP contribution in [0.1, 0.15) is 0 Å². The van der Waals surface area contributed by atoms with E-state index in [2.05, 4.69) is 15.9 Å². The van der Waals surface area contributed by atoms with E-state index in [1.54, 1.807) is 24.3 Å². The number of rotatable bonds is 2. The predicted molar refractivity (Wildman–Crippen MR) is 70.1 cm³/mol. The number of anilines is 1. The van der Waals surface area contributed by atoms with Crippen molar-refractivity contribution in [3.63, 3.8) is 0 Å². The van der Waals surface area contributed by atoms with Gasteiger partial charge in [0.25, 0.3) is 0 Å². The minimum Gasteiger partial charge on any atom is -0.456 e. The first-order valence-corrected chi connectivity index (χ1v) is 5.81. The second kappa shape index (κ2) is 4.76. The Morgan fingerprint density at radius 1 is 1.06 bits per heavy atom. The first-order valence-electron chi connectivity index (χ1n) is 4.63. The van der Waals surface area contributed by atoms with E-state index in [0.29, 0.717) is 16.5 Å². The molecule has 0 fully saturated rings. The Kier molecular flexibility index (Phi) is 3.36. The standard InChI is InChI=1S/C12H9BrClNO/c13-11-7-8(14)1-6-12(11)16-10-4-2-9(15)3-5-10/h1-7H,15H2. The van der Waals surface area contributed by atoms with Crippen molar-refractivity contribution in [2.45, 2.75) is 0 Å². The Bertz CT molecular complexity index is 499. The number of benzene rings is 2. The van der Waals surface area contributed by atoms with E-state index in [-0.39, 0.29) is 0 Å². The minimum atomic E-state index is 0.663. The molecule has 0 saturated heterocycles. The third-order valence-corrected chi connectivity index (χ3v) is 2.86. The van der Waals surface area contributed by atoms with Crippen LogP contribution in [0.3, 0.4) is 0 Å². The molecule has 0 atom stereocenters. The molecule has 0 aliphatic carbocycles. The van der Waals surface area contributed by atoms with Gasteiger partial charge in [-0.15, -0.1) is 0 Å². The summed E-state index contributed by atoms with van der Waals surface area (Å²) in [5, 5.41) is 0.663. The molecule has 0 aromatic heterocycles. The number of ether oxygens (including phenoxy) is 1. The molecular formula is C12H9BrClNO. The topological polar surface area (TPSA) is 35.2 Å². The summed E-state index contributed by atoms with van der Waals surface area (Å²) in [6.07, 6.45) is 0. The van der Waals surface area contributed by atoms with Gasteiger partial charge < -0.3 is 10.5 Å². The lowest BCUT2D eigenvalue weighted by atomic mass is 10.3. The van der Waals surface area contributed by atoms with Crippen molar-refractivity contribution in [1.82, 2.24) is 0 Å². The predicted octanol–water partition coefficient (Wildman–Crippen LogP) is 4.48. The molecule has 0 amide bonds. The molecule has 0 unspecified atom stereocenters. The summed E-state index contributed by atoms with van der Waals surface area (Å²) in [4.78, 5) is 0. The molecule has 2 aromatic carbocycles. The van der Waals surface area contributed by atoms with Gasteiger partial charge in [0.15, 0.2) is 0 Å². The first-order chi connectivity index (χ1) is 7.65. The summed E-state index contributed by atoms with van der Waals surface area (Å²) < 4.78 is 6.47. The van der Waals surface area contributed by atoms with Crippen LogP contribution in [0.15, 0.2) is 46.9 Å². The highest BCUT2D eigenvalue weighted by molar-refractivity contribution is 9.10. The minimum absolute atomic E-state index is 0.663. The first kappa shape index (κ1) is 11.3. The molecule has 2 nitrogen and oxygen atoms in total. The molecule has 2 N–H and O–H groups in total. The molecule has 0 aliphatic rings. The quantitative estimate of drug-likeness (QED) is 0.830. The van der Waals surface area contributed by atoms with Gasteiger partial charge in [0, 0.05) is 10.7 Å². The summed E-state index contributed by atoms with van der Waals surface area (Å²) in [6.45, 7) is 0. The van der Waals surface area contributed by atoms with Gasteiger partial charge in [-0.05, 0) is 58.4 Å². The molecule has 82 valence electrons. The average Bonchev–Trinajstić information content (AvgIpc) is 2.25. The van der Waals surface area contributed by atoms with E-state index in [0.717, 1.165) is 10.2 Å². The number of hydrogen-bond acceptors (Lipinski definition) is 2. The zero-order chi connectivity index (χ0) is 11.5. The van der Waals surface area contributed by atoms with Gasteiger partial charge in [0.05, 0.1) is 4.47 Å². The highest BCUT2D eigenvalue weighted by Crippen LogP contribution is 2.31. The Morgan fingerprint density at radius 3 is 2.38 bits per heavy atom. The maximum Gasteiger partial charge on any atom is 0.141 e. The molecule has 0 spiro atoms. The van der Waals surface area contributed by atoms with Crippen molar-refractivity contribution in [3.05, 3.63) is 52.0 Å². The summed E-state index contributed by atoms with van der Waals surface area (Å²) in [5.41, 5.74) is 6.30. The van der Waals surface area contributed by atoms with E-state index >= 15 is 0 Å². The number of halogens is 2. The second-order valence-corrected chi connectivity index (χ2v) is 4.54. The van der Waals surface area contributed by atoms with Crippen LogP contribution in [0.4, 0.5) is 5.69 Å². The van der Waals surface area contributed by atoms with Crippen LogP contribution in [0.2, 0.25) is 5.02 Å². The second-order valence-electron chi connectivity index (χ2n) is 3.25. The monoisotopic (exact) mass is 297 g/mol. The zero-order valence-electron chi connectivity index (χ0n) is 8.28. The summed E-state index contributed by atoms with van der Waals surface area (Å²) in [6, 6.07) is 12.6. The fourth-order valence-corrected chi connectivity index (χ4v) is 1.98. The van der Waals surface area contributed by atoms with Crippen LogP contribution in [0, 0.1) is 0 Å². The van der Waals surface area contributed by atoms with Gasteiger partial charge in [0.2, 0.25) is 0 Å². The van der Waals surface area contributed by atoms with Gasteiger partial charge in [-0.2, -0.15) is 0 Å². The highest BCUT2D eigenvalue weighted by atomic mass is 79.9. The van der Waals surface area contributed by atoms with Crippen LogP contribution < -0.4 is 10.5 Å². The van der Waals surface area contributed by atoms with E-state index < -0.39 is 0 Å². The third kappa shape index (κ3) is 2.68. The SMILES string of the molecule is Nc1ccc(Oc2ccc(Cl)cc2Br)cc1. The Labute approximate surface area is 107 Å². The van der Waals surface area contributed by atoms with Crippen molar-refractivity contribution < 1.29 is 4.74 Å². The lowest BCUT2D eigenvalue weighted by Gasteiger charge is -2.07. The third-order valence-electron chi connectivity index (χ3n) is 2.00.